The predicted octanol–water partition coefficient (Wildman–Crippen LogP) is 5.61. The molecule has 2 heterocycles. The zero-order valence-electron chi connectivity index (χ0n) is 18.5. The molecule has 0 aromatic heterocycles. The molecule has 1 N–H and O–H groups in total. The van der Waals surface area contributed by atoms with Crippen molar-refractivity contribution < 1.29 is 19.3 Å². The first-order valence-corrected chi connectivity index (χ1v) is 11.6. The number of nitrogens with zero attached hydrogens (tertiary/aromatic N) is 1. The highest BCUT2D eigenvalue weighted by molar-refractivity contribution is 6.10. The van der Waals surface area contributed by atoms with Crippen LogP contribution in [0, 0.1) is 0 Å². The van der Waals surface area contributed by atoms with E-state index in [9.17, 15) is 5.11 Å². The maximum Gasteiger partial charge on any atom is 0.231 e. The van der Waals surface area contributed by atoms with Gasteiger partial charge in [-0.15, -0.1) is 0 Å². The molecule has 0 unspecified atom stereocenters. The summed E-state index contributed by atoms with van der Waals surface area (Å²) in [5.41, 5.74) is 2.34. The summed E-state index contributed by atoms with van der Waals surface area (Å²) in [6.07, 6.45) is 2.66. The molecule has 1 saturated heterocycles. The molecule has 2 aliphatic heterocycles. The van der Waals surface area contributed by atoms with Crippen LogP contribution in [0.25, 0.3) is 21.5 Å². The van der Waals surface area contributed by atoms with Crippen LogP contribution >= 0.6 is 0 Å². The van der Waals surface area contributed by atoms with Crippen molar-refractivity contribution in [2.45, 2.75) is 38.6 Å². The summed E-state index contributed by atoms with van der Waals surface area (Å²) in [6, 6.07) is 22.9. The lowest BCUT2D eigenvalue weighted by Crippen LogP contribution is -2.38. The normalized spacial score (nSPS) is 18.2. The van der Waals surface area contributed by atoms with Crippen LogP contribution in [0.3, 0.4) is 0 Å². The molecule has 5 heteroatoms. The van der Waals surface area contributed by atoms with Crippen LogP contribution in [0.15, 0.2) is 66.7 Å². The summed E-state index contributed by atoms with van der Waals surface area (Å²) in [6.45, 7) is 2.41. The summed E-state index contributed by atoms with van der Waals surface area (Å²) >= 11 is 0. The first-order valence-electron chi connectivity index (χ1n) is 11.6. The van der Waals surface area contributed by atoms with Crippen molar-refractivity contribution in [2.24, 2.45) is 0 Å². The molecule has 5 nitrogen and oxygen atoms in total. The number of aliphatic hydroxyl groups excluding tert-OH is 1. The quantitative estimate of drug-likeness (QED) is 0.408. The molecule has 0 spiro atoms. The third kappa shape index (κ3) is 3.99. The van der Waals surface area contributed by atoms with E-state index in [0.29, 0.717) is 13.2 Å². The third-order valence-electron chi connectivity index (χ3n) is 6.70. The predicted molar refractivity (Wildman–Crippen MR) is 129 cm³/mol. The van der Waals surface area contributed by atoms with E-state index in [2.05, 4.69) is 47.4 Å². The summed E-state index contributed by atoms with van der Waals surface area (Å²) in [5.74, 6) is 2.39. The van der Waals surface area contributed by atoms with Crippen LogP contribution in [0.1, 0.15) is 30.4 Å². The minimum atomic E-state index is -0.380. The largest absolute Gasteiger partial charge is 0.489 e. The Kier molecular flexibility index (Phi) is 5.29. The van der Waals surface area contributed by atoms with E-state index < -0.39 is 0 Å². The number of benzene rings is 4. The maximum absolute atomic E-state index is 10.5. The van der Waals surface area contributed by atoms with E-state index in [1.165, 1.54) is 10.9 Å². The molecule has 0 aliphatic carbocycles. The van der Waals surface area contributed by atoms with E-state index in [4.69, 9.17) is 14.2 Å². The topological polar surface area (TPSA) is 51.2 Å². The summed E-state index contributed by atoms with van der Waals surface area (Å²) in [7, 11) is 0. The summed E-state index contributed by atoms with van der Waals surface area (Å²) in [5, 5.41) is 15.0. The molecule has 0 saturated carbocycles. The van der Waals surface area contributed by atoms with Crippen molar-refractivity contribution in [3.63, 3.8) is 0 Å². The molecule has 4 aromatic rings. The van der Waals surface area contributed by atoms with Gasteiger partial charge in [0.1, 0.15) is 18.6 Å². The van der Waals surface area contributed by atoms with Gasteiger partial charge in [-0.2, -0.15) is 0 Å². The van der Waals surface area contributed by atoms with Crippen molar-refractivity contribution in [3.8, 4) is 17.2 Å². The monoisotopic (exact) mass is 441 g/mol. The van der Waals surface area contributed by atoms with Gasteiger partial charge >= 0.3 is 0 Å². The molecule has 2 aliphatic rings. The van der Waals surface area contributed by atoms with Crippen LogP contribution in [0.5, 0.6) is 17.2 Å². The highest BCUT2D eigenvalue weighted by Gasteiger charge is 2.22. The maximum atomic E-state index is 10.5. The number of hydrogen-bond donors (Lipinski definition) is 1. The Bertz CT molecular complexity index is 1300. The molecule has 1 atom stereocenters. The Hall–Kier alpha value is -3.28. The van der Waals surface area contributed by atoms with Crippen LogP contribution < -0.4 is 14.2 Å². The van der Waals surface area contributed by atoms with E-state index >= 15 is 0 Å². The highest BCUT2D eigenvalue weighted by Crippen LogP contribution is 2.41. The van der Waals surface area contributed by atoms with Crippen molar-refractivity contribution in [2.75, 3.05) is 13.3 Å². The van der Waals surface area contributed by atoms with E-state index in [1.807, 2.05) is 24.3 Å². The Labute approximate surface area is 193 Å². The zero-order valence-corrected chi connectivity index (χ0v) is 18.5. The van der Waals surface area contributed by atoms with Crippen molar-refractivity contribution >= 4 is 21.5 Å². The van der Waals surface area contributed by atoms with Gasteiger partial charge in [-0.05, 0) is 82.3 Å². The number of ether oxygens (including phenoxy) is 3. The fourth-order valence-corrected chi connectivity index (χ4v) is 4.94. The lowest BCUT2D eigenvalue weighted by molar-refractivity contribution is -0.0288. The molecule has 168 valence electrons. The lowest BCUT2D eigenvalue weighted by Gasteiger charge is -2.32. The van der Waals surface area contributed by atoms with Crippen molar-refractivity contribution in [3.05, 3.63) is 77.9 Å². The smallest absolute Gasteiger partial charge is 0.231 e. The molecular weight excluding hydrogens is 414 g/mol. The van der Waals surface area contributed by atoms with E-state index in [0.717, 1.165) is 64.8 Å². The molecule has 0 bridgehead atoms. The first-order chi connectivity index (χ1) is 16.2. The second-order valence-corrected chi connectivity index (χ2v) is 8.89. The molecule has 6 rings (SSSR count). The minimum absolute atomic E-state index is 0.252. The van der Waals surface area contributed by atoms with Gasteiger partial charge in [-0.3, -0.25) is 4.90 Å². The fraction of sp³-hybridized carbons (Fsp3) is 0.286. The number of likely N-dealkylation sites (tertiary alicyclic amines) is 1. The second kappa shape index (κ2) is 8.58. The lowest BCUT2D eigenvalue weighted by atomic mass is 9.95. The van der Waals surface area contributed by atoms with Crippen LogP contribution in [-0.2, 0) is 13.2 Å². The van der Waals surface area contributed by atoms with Gasteiger partial charge in [0, 0.05) is 13.1 Å². The second-order valence-electron chi connectivity index (χ2n) is 8.89. The molecule has 1 fully saturated rings. The van der Waals surface area contributed by atoms with E-state index in [-0.39, 0.29) is 13.0 Å². The number of hydrogen-bond acceptors (Lipinski definition) is 5. The minimum Gasteiger partial charge on any atom is -0.489 e. The van der Waals surface area contributed by atoms with E-state index in [1.54, 1.807) is 0 Å². The Morgan fingerprint density at radius 3 is 2.58 bits per heavy atom. The van der Waals surface area contributed by atoms with Gasteiger partial charge in [0.15, 0.2) is 11.5 Å². The highest BCUT2D eigenvalue weighted by atomic mass is 16.7. The SMILES string of the molecule is O[C@@H]1CCCCN1Cc1cc2cc3c(cc2c2cc(OCc4ccccc4)ccc12)OCO3. The molecule has 33 heavy (non-hydrogen) atoms. The van der Waals surface area contributed by atoms with Gasteiger partial charge < -0.3 is 19.3 Å². The van der Waals surface area contributed by atoms with Gasteiger partial charge in [0.25, 0.3) is 0 Å². The average Bonchev–Trinajstić information content (AvgIpc) is 3.31. The molecule has 4 aromatic carbocycles. The van der Waals surface area contributed by atoms with Gasteiger partial charge in [0.2, 0.25) is 6.79 Å². The van der Waals surface area contributed by atoms with Crippen molar-refractivity contribution in [1.29, 1.82) is 0 Å². The summed E-state index contributed by atoms with van der Waals surface area (Å²) in [4.78, 5) is 2.18. The Morgan fingerprint density at radius 1 is 0.879 bits per heavy atom. The fourth-order valence-electron chi connectivity index (χ4n) is 4.94. The molecular formula is C28H27NO4. The molecule has 0 amide bonds. The zero-order chi connectivity index (χ0) is 22.2. The Morgan fingerprint density at radius 2 is 1.73 bits per heavy atom. The van der Waals surface area contributed by atoms with Gasteiger partial charge in [-0.25, -0.2) is 0 Å². The van der Waals surface area contributed by atoms with Crippen LogP contribution in [0.4, 0.5) is 0 Å². The standard InChI is InChI=1S/C28H27NO4/c30-28-8-4-5-11-29(28)16-21-12-20-13-26-27(33-18-32-26)15-24(20)25-14-22(9-10-23(21)25)31-17-19-6-2-1-3-7-19/h1-3,6-7,9-10,12-15,28,30H,4-5,8,11,16-18H2/t28-/m1/s1. The van der Waals surface area contributed by atoms with Crippen LogP contribution in [0.2, 0.25) is 0 Å². The summed E-state index contributed by atoms with van der Waals surface area (Å²) < 4.78 is 17.4. The molecule has 0 radical (unpaired) electrons. The van der Waals surface area contributed by atoms with Crippen molar-refractivity contribution in [1.82, 2.24) is 4.90 Å². The first kappa shape index (κ1) is 20.3. The number of fused-ring (bicyclic) bond motifs is 4. The number of rotatable bonds is 5. The number of piperidine rings is 1. The third-order valence-corrected chi connectivity index (χ3v) is 6.70. The Balaban J connectivity index is 1.43. The average molecular weight is 442 g/mol. The van der Waals surface area contributed by atoms with Gasteiger partial charge in [0.05, 0.1) is 0 Å². The number of aliphatic hydroxyl groups is 1. The van der Waals surface area contributed by atoms with Gasteiger partial charge in [-0.1, -0.05) is 36.4 Å². The van der Waals surface area contributed by atoms with Crippen LogP contribution in [-0.4, -0.2) is 29.6 Å².